The van der Waals surface area contributed by atoms with Gasteiger partial charge in [-0.3, -0.25) is 0 Å². The first-order valence-electron chi connectivity index (χ1n) is 6.99. The highest BCUT2D eigenvalue weighted by Crippen LogP contribution is 2.29. The van der Waals surface area contributed by atoms with Crippen molar-refractivity contribution in [2.24, 2.45) is 0 Å². The second-order valence-corrected chi connectivity index (χ2v) is 5.21. The van der Waals surface area contributed by atoms with Gasteiger partial charge in [0.25, 0.3) is 0 Å². The molecule has 108 valence electrons. The normalized spacial score (nSPS) is 11.3. The van der Waals surface area contributed by atoms with Crippen molar-refractivity contribution in [2.75, 3.05) is 5.73 Å². The number of hydrogen-bond acceptors (Lipinski definition) is 4. The standard InChI is InChI=1S/C17H14N4O/c18-17-16-15(19-9-20-16)13-6-5-12(7-14(13)21-17)11-3-1-10(8-22)2-4-11/h1-7,9,22H,8H2,(H2,18,21)(H,19,20). The van der Waals surface area contributed by atoms with Crippen LogP contribution in [-0.2, 0) is 6.61 Å². The topological polar surface area (TPSA) is 87.8 Å². The van der Waals surface area contributed by atoms with Crippen LogP contribution in [0.4, 0.5) is 5.82 Å². The summed E-state index contributed by atoms with van der Waals surface area (Å²) in [6.45, 7) is 0.0488. The van der Waals surface area contributed by atoms with Gasteiger partial charge in [-0.05, 0) is 28.8 Å². The number of hydrogen-bond donors (Lipinski definition) is 3. The molecule has 0 unspecified atom stereocenters. The number of aromatic amines is 1. The lowest BCUT2D eigenvalue weighted by Gasteiger charge is -2.06. The molecular weight excluding hydrogens is 276 g/mol. The molecule has 5 nitrogen and oxygen atoms in total. The largest absolute Gasteiger partial charge is 0.392 e. The van der Waals surface area contributed by atoms with E-state index in [0.717, 1.165) is 38.6 Å². The molecule has 2 aromatic carbocycles. The molecule has 0 aliphatic rings. The molecule has 2 heterocycles. The van der Waals surface area contributed by atoms with E-state index in [4.69, 9.17) is 10.8 Å². The third-order valence-electron chi connectivity index (χ3n) is 3.86. The molecule has 0 fully saturated rings. The highest BCUT2D eigenvalue weighted by atomic mass is 16.3. The number of nitrogens with one attached hydrogen (secondary N) is 1. The van der Waals surface area contributed by atoms with Crippen molar-refractivity contribution in [1.29, 1.82) is 0 Å². The minimum absolute atomic E-state index is 0.0488. The molecule has 0 saturated heterocycles. The highest BCUT2D eigenvalue weighted by molar-refractivity contribution is 6.06. The molecule has 4 aromatic rings. The minimum atomic E-state index is 0.0488. The van der Waals surface area contributed by atoms with Gasteiger partial charge in [0.1, 0.15) is 16.9 Å². The molecule has 4 rings (SSSR count). The van der Waals surface area contributed by atoms with Crippen molar-refractivity contribution in [3.05, 3.63) is 54.4 Å². The first kappa shape index (κ1) is 12.8. The number of benzene rings is 2. The maximum Gasteiger partial charge on any atom is 0.150 e. The monoisotopic (exact) mass is 290 g/mol. The van der Waals surface area contributed by atoms with Gasteiger partial charge >= 0.3 is 0 Å². The number of anilines is 1. The molecule has 2 aromatic heterocycles. The Morgan fingerprint density at radius 2 is 1.82 bits per heavy atom. The van der Waals surface area contributed by atoms with E-state index in [9.17, 15) is 0 Å². The van der Waals surface area contributed by atoms with E-state index in [-0.39, 0.29) is 6.61 Å². The Kier molecular flexibility index (Phi) is 2.80. The number of nitrogens with zero attached hydrogens (tertiary/aromatic N) is 2. The summed E-state index contributed by atoms with van der Waals surface area (Å²) in [5.74, 6) is 0.452. The predicted octanol–water partition coefficient (Wildman–Crippen LogP) is 2.85. The first-order valence-corrected chi connectivity index (χ1v) is 6.99. The molecule has 0 saturated carbocycles. The fraction of sp³-hybridized carbons (Fsp3) is 0.0588. The summed E-state index contributed by atoms with van der Waals surface area (Å²) in [6.07, 6.45) is 1.63. The molecule has 0 aliphatic heterocycles. The molecule has 0 radical (unpaired) electrons. The van der Waals surface area contributed by atoms with Crippen LogP contribution >= 0.6 is 0 Å². The van der Waals surface area contributed by atoms with Crippen LogP contribution in [0, 0.1) is 0 Å². The lowest BCUT2D eigenvalue weighted by molar-refractivity contribution is 0.282. The second-order valence-electron chi connectivity index (χ2n) is 5.21. The van der Waals surface area contributed by atoms with Gasteiger partial charge in [-0.1, -0.05) is 30.3 Å². The fourth-order valence-corrected chi connectivity index (χ4v) is 2.69. The van der Waals surface area contributed by atoms with E-state index in [1.54, 1.807) is 6.33 Å². The average molecular weight is 290 g/mol. The van der Waals surface area contributed by atoms with Crippen molar-refractivity contribution in [2.45, 2.75) is 6.61 Å². The van der Waals surface area contributed by atoms with Crippen molar-refractivity contribution in [3.8, 4) is 11.1 Å². The molecular formula is C17H14N4O. The van der Waals surface area contributed by atoms with Crippen LogP contribution in [0.25, 0.3) is 33.1 Å². The Hall–Kier alpha value is -2.92. The second kappa shape index (κ2) is 4.82. The molecule has 0 atom stereocenters. The average Bonchev–Trinajstić information content (AvgIpc) is 3.05. The molecule has 0 amide bonds. The number of aromatic nitrogens is 3. The number of imidazole rings is 1. The van der Waals surface area contributed by atoms with Crippen molar-refractivity contribution < 1.29 is 5.11 Å². The van der Waals surface area contributed by atoms with Crippen LogP contribution in [0.1, 0.15) is 5.56 Å². The number of fused-ring (bicyclic) bond motifs is 3. The summed E-state index contributed by atoms with van der Waals surface area (Å²) in [6, 6.07) is 13.9. The number of pyridine rings is 1. The predicted molar refractivity (Wildman–Crippen MR) is 87.2 cm³/mol. The Morgan fingerprint density at radius 1 is 1.05 bits per heavy atom. The zero-order chi connectivity index (χ0) is 15.1. The highest BCUT2D eigenvalue weighted by Gasteiger charge is 2.09. The van der Waals surface area contributed by atoms with Gasteiger partial charge in [-0.15, -0.1) is 0 Å². The van der Waals surface area contributed by atoms with Crippen molar-refractivity contribution in [3.63, 3.8) is 0 Å². The van der Waals surface area contributed by atoms with Crippen molar-refractivity contribution in [1.82, 2.24) is 15.0 Å². The lowest BCUT2D eigenvalue weighted by atomic mass is 10.0. The third-order valence-corrected chi connectivity index (χ3v) is 3.86. The van der Waals surface area contributed by atoms with Crippen LogP contribution in [-0.4, -0.2) is 20.1 Å². The third kappa shape index (κ3) is 1.91. The number of nitrogen functional groups attached to an aromatic ring is 1. The molecule has 22 heavy (non-hydrogen) atoms. The number of aliphatic hydroxyl groups excluding tert-OH is 1. The van der Waals surface area contributed by atoms with Gasteiger partial charge in [0.05, 0.1) is 18.5 Å². The van der Waals surface area contributed by atoms with E-state index in [2.05, 4.69) is 15.0 Å². The molecule has 0 bridgehead atoms. The van der Waals surface area contributed by atoms with Crippen LogP contribution in [0.2, 0.25) is 0 Å². The van der Waals surface area contributed by atoms with E-state index < -0.39 is 0 Å². The summed E-state index contributed by atoms with van der Waals surface area (Å²) < 4.78 is 0. The van der Waals surface area contributed by atoms with E-state index in [1.165, 1.54) is 0 Å². The van der Waals surface area contributed by atoms with Crippen LogP contribution in [0.3, 0.4) is 0 Å². The van der Waals surface area contributed by atoms with E-state index in [1.807, 2.05) is 42.5 Å². The van der Waals surface area contributed by atoms with Gasteiger partial charge in [-0.25, -0.2) is 9.97 Å². The summed E-state index contributed by atoms with van der Waals surface area (Å²) in [4.78, 5) is 11.8. The number of rotatable bonds is 2. The maximum atomic E-state index is 9.12. The summed E-state index contributed by atoms with van der Waals surface area (Å²) in [5.41, 5.74) is 11.4. The summed E-state index contributed by atoms with van der Waals surface area (Å²) >= 11 is 0. The maximum absolute atomic E-state index is 9.12. The smallest absolute Gasteiger partial charge is 0.150 e. The van der Waals surface area contributed by atoms with Gasteiger partial charge in [0, 0.05) is 5.39 Å². The number of aliphatic hydroxyl groups is 1. The summed E-state index contributed by atoms with van der Waals surface area (Å²) in [7, 11) is 0. The van der Waals surface area contributed by atoms with E-state index in [0.29, 0.717) is 5.82 Å². The first-order chi connectivity index (χ1) is 10.8. The van der Waals surface area contributed by atoms with Crippen LogP contribution in [0.15, 0.2) is 48.8 Å². The fourth-order valence-electron chi connectivity index (χ4n) is 2.69. The molecule has 4 N–H and O–H groups in total. The van der Waals surface area contributed by atoms with Gasteiger partial charge in [0.15, 0.2) is 0 Å². The Balaban J connectivity index is 1.91. The van der Waals surface area contributed by atoms with Crippen LogP contribution in [0.5, 0.6) is 0 Å². The van der Waals surface area contributed by atoms with Gasteiger partial charge in [-0.2, -0.15) is 0 Å². The quantitative estimate of drug-likeness (QED) is 0.529. The Labute approximate surface area is 126 Å². The Morgan fingerprint density at radius 3 is 2.59 bits per heavy atom. The van der Waals surface area contributed by atoms with Crippen molar-refractivity contribution >= 4 is 27.8 Å². The molecule has 5 heteroatoms. The summed E-state index contributed by atoms with van der Waals surface area (Å²) in [5, 5.41) is 10.1. The van der Waals surface area contributed by atoms with Gasteiger partial charge < -0.3 is 15.8 Å². The molecule has 0 spiro atoms. The minimum Gasteiger partial charge on any atom is -0.392 e. The zero-order valence-electron chi connectivity index (χ0n) is 11.7. The zero-order valence-corrected chi connectivity index (χ0v) is 11.7. The number of H-pyrrole nitrogens is 1. The molecule has 0 aliphatic carbocycles. The SMILES string of the molecule is Nc1nc2cc(-c3ccc(CO)cc3)ccc2c2nc[nH]c12. The Bertz CT molecular complexity index is 973. The van der Waals surface area contributed by atoms with E-state index >= 15 is 0 Å². The van der Waals surface area contributed by atoms with Crippen LogP contribution < -0.4 is 5.73 Å². The lowest BCUT2D eigenvalue weighted by Crippen LogP contribution is -1.93. The van der Waals surface area contributed by atoms with Gasteiger partial charge in [0.2, 0.25) is 0 Å². The number of nitrogens with two attached hydrogens (primary N) is 1.